The van der Waals surface area contributed by atoms with E-state index in [0.717, 1.165) is 0 Å². The molecule has 2 rings (SSSR count). The first kappa shape index (κ1) is 14.0. The number of esters is 1. The highest BCUT2D eigenvalue weighted by atomic mass is 19.1. The van der Waals surface area contributed by atoms with Gasteiger partial charge in [0, 0.05) is 25.4 Å². The lowest BCUT2D eigenvalue weighted by molar-refractivity contribution is 0.0494. The Hall–Kier alpha value is -2.37. The zero-order valence-electron chi connectivity index (χ0n) is 11.1. The number of methoxy groups -OCH3 is 1. The normalized spacial score (nSPS) is 10.3. The van der Waals surface area contributed by atoms with Crippen molar-refractivity contribution in [1.82, 2.24) is 9.78 Å². The summed E-state index contributed by atoms with van der Waals surface area (Å²) in [6.45, 7) is 0.950. The number of carbonyl (C=O) groups is 1. The molecule has 1 aromatic carbocycles. The Labute approximate surface area is 115 Å². The largest absolute Gasteiger partial charge is 0.494 e. The number of halogens is 1. The van der Waals surface area contributed by atoms with Crippen LogP contribution in [0.3, 0.4) is 0 Å². The summed E-state index contributed by atoms with van der Waals surface area (Å²) in [5.41, 5.74) is 0.266. The molecule has 6 heteroatoms. The molecule has 0 aliphatic carbocycles. The fourth-order valence-corrected chi connectivity index (χ4v) is 1.69. The number of ether oxygens (including phenoxy) is 2. The van der Waals surface area contributed by atoms with E-state index in [9.17, 15) is 9.18 Å². The van der Waals surface area contributed by atoms with Crippen molar-refractivity contribution >= 4 is 5.97 Å². The summed E-state index contributed by atoms with van der Waals surface area (Å²) in [7, 11) is 1.34. The molecule has 20 heavy (non-hydrogen) atoms. The number of carbonyl (C=O) groups excluding carboxylic acids is 1. The molecule has 5 nitrogen and oxygen atoms in total. The van der Waals surface area contributed by atoms with Crippen molar-refractivity contribution in [3.05, 3.63) is 48.0 Å². The second-order valence-corrected chi connectivity index (χ2v) is 4.11. The molecular weight excluding hydrogens is 263 g/mol. The predicted molar refractivity (Wildman–Crippen MR) is 70.1 cm³/mol. The number of aryl methyl sites for hydroxylation is 1. The lowest BCUT2D eigenvalue weighted by atomic mass is 10.2. The number of nitrogens with zero attached hydrogens (tertiary/aromatic N) is 2. The van der Waals surface area contributed by atoms with Crippen molar-refractivity contribution in [2.24, 2.45) is 0 Å². The number of hydrogen-bond donors (Lipinski definition) is 0. The lowest BCUT2D eigenvalue weighted by Gasteiger charge is -2.07. The molecule has 0 saturated heterocycles. The van der Waals surface area contributed by atoms with Gasteiger partial charge in [-0.2, -0.15) is 5.10 Å². The zero-order chi connectivity index (χ0) is 14.4. The van der Waals surface area contributed by atoms with Crippen molar-refractivity contribution in [3.63, 3.8) is 0 Å². The molecule has 2 aromatic rings. The third-order valence-electron chi connectivity index (χ3n) is 2.71. The van der Waals surface area contributed by atoms with Crippen molar-refractivity contribution in [2.45, 2.75) is 13.0 Å². The summed E-state index contributed by atoms with van der Waals surface area (Å²) in [4.78, 5) is 11.8. The van der Waals surface area contributed by atoms with Crippen LogP contribution in [0.5, 0.6) is 5.75 Å². The number of aromatic nitrogens is 2. The van der Waals surface area contributed by atoms with Crippen LogP contribution in [-0.4, -0.2) is 29.5 Å². The van der Waals surface area contributed by atoms with E-state index in [-0.39, 0.29) is 17.9 Å². The van der Waals surface area contributed by atoms with Crippen LogP contribution in [0.4, 0.5) is 4.39 Å². The zero-order valence-corrected chi connectivity index (χ0v) is 11.1. The first-order valence-electron chi connectivity index (χ1n) is 6.19. The molecule has 0 N–H and O–H groups in total. The van der Waals surface area contributed by atoms with E-state index in [1.165, 1.54) is 25.3 Å². The van der Waals surface area contributed by atoms with Gasteiger partial charge < -0.3 is 9.47 Å². The third-order valence-corrected chi connectivity index (χ3v) is 2.71. The van der Waals surface area contributed by atoms with Crippen LogP contribution in [0.15, 0.2) is 36.7 Å². The van der Waals surface area contributed by atoms with Gasteiger partial charge in [-0.1, -0.05) is 0 Å². The first-order valence-corrected chi connectivity index (χ1v) is 6.19. The van der Waals surface area contributed by atoms with Gasteiger partial charge in [0.1, 0.15) is 0 Å². The number of rotatable bonds is 6. The number of hydrogen-bond acceptors (Lipinski definition) is 4. The fraction of sp³-hybridized carbons (Fsp3) is 0.286. The average Bonchev–Trinajstić information content (AvgIpc) is 2.97. The summed E-state index contributed by atoms with van der Waals surface area (Å²) in [5, 5.41) is 4.04. The van der Waals surface area contributed by atoms with Crippen LogP contribution in [0.25, 0.3) is 0 Å². The van der Waals surface area contributed by atoms with Crippen LogP contribution in [0.1, 0.15) is 16.8 Å². The Kier molecular flexibility index (Phi) is 4.70. The second-order valence-electron chi connectivity index (χ2n) is 4.11. The maximum Gasteiger partial charge on any atom is 0.338 e. The summed E-state index contributed by atoms with van der Waals surface area (Å²) < 4.78 is 24.9. The van der Waals surface area contributed by atoms with E-state index in [2.05, 4.69) is 5.10 Å². The van der Waals surface area contributed by atoms with Crippen LogP contribution in [0, 0.1) is 5.82 Å². The molecule has 0 unspecified atom stereocenters. The lowest BCUT2D eigenvalue weighted by Crippen LogP contribution is -2.09. The second kappa shape index (κ2) is 6.70. The molecule has 0 spiro atoms. The molecule has 0 saturated carbocycles. The Bertz CT molecular complexity index is 570. The van der Waals surface area contributed by atoms with Crippen molar-refractivity contribution in [3.8, 4) is 5.75 Å². The number of benzene rings is 1. The summed E-state index contributed by atoms with van der Waals surface area (Å²) >= 11 is 0. The monoisotopic (exact) mass is 278 g/mol. The van der Waals surface area contributed by atoms with Crippen molar-refractivity contribution in [2.75, 3.05) is 13.7 Å². The quantitative estimate of drug-likeness (QED) is 0.601. The molecule has 0 fully saturated rings. The minimum atomic E-state index is -0.511. The molecule has 0 amide bonds. The molecule has 0 aliphatic rings. The van der Waals surface area contributed by atoms with Crippen molar-refractivity contribution in [1.29, 1.82) is 0 Å². The van der Waals surface area contributed by atoms with Crippen LogP contribution >= 0.6 is 0 Å². The van der Waals surface area contributed by atoms with Gasteiger partial charge in [0.05, 0.1) is 19.3 Å². The highest BCUT2D eigenvalue weighted by molar-refractivity contribution is 5.89. The molecule has 0 bridgehead atoms. The fourth-order valence-electron chi connectivity index (χ4n) is 1.69. The Morgan fingerprint density at radius 2 is 2.30 bits per heavy atom. The van der Waals surface area contributed by atoms with Crippen molar-refractivity contribution < 1.29 is 18.7 Å². The summed E-state index contributed by atoms with van der Waals surface area (Å²) in [5.74, 6) is -0.984. The molecule has 106 valence electrons. The average molecular weight is 278 g/mol. The van der Waals surface area contributed by atoms with E-state index >= 15 is 0 Å². The van der Waals surface area contributed by atoms with E-state index in [1.54, 1.807) is 10.9 Å². The Morgan fingerprint density at radius 3 is 3.00 bits per heavy atom. The van der Waals surface area contributed by atoms with Gasteiger partial charge >= 0.3 is 5.97 Å². The smallest absolute Gasteiger partial charge is 0.338 e. The van der Waals surface area contributed by atoms with Gasteiger partial charge in [0.15, 0.2) is 11.6 Å². The minimum Gasteiger partial charge on any atom is -0.494 e. The van der Waals surface area contributed by atoms with E-state index in [0.29, 0.717) is 13.0 Å². The Morgan fingerprint density at radius 1 is 1.45 bits per heavy atom. The molecule has 1 heterocycles. The van der Waals surface area contributed by atoms with Gasteiger partial charge in [-0.25, -0.2) is 9.18 Å². The van der Waals surface area contributed by atoms with Gasteiger partial charge in [-0.05, 0) is 24.3 Å². The molecule has 0 aliphatic heterocycles. The van der Waals surface area contributed by atoms with Gasteiger partial charge in [0.2, 0.25) is 0 Å². The first-order chi connectivity index (χ1) is 9.70. The molecule has 1 aromatic heterocycles. The minimum absolute atomic E-state index is 0.0241. The molecule has 0 atom stereocenters. The van der Waals surface area contributed by atoms with Crippen LogP contribution in [0.2, 0.25) is 0 Å². The van der Waals surface area contributed by atoms with Gasteiger partial charge in [-0.15, -0.1) is 0 Å². The highest BCUT2D eigenvalue weighted by Crippen LogP contribution is 2.18. The SMILES string of the molecule is COc1cc(C(=O)OCCCn2cccn2)ccc1F. The topological polar surface area (TPSA) is 53.4 Å². The molecular formula is C14H15FN2O3. The maximum atomic E-state index is 13.2. The standard InChI is InChI=1S/C14H15FN2O3/c1-19-13-10-11(4-5-12(13)15)14(18)20-9-3-8-17-7-2-6-16-17/h2,4-7,10H,3,8-9H2,1H3. The van der Waals surface area contributed by atoms with E-state index in [4.69, 9.17) is 9.47 Å². The van der Waals surface area contributed by atoms with E-state index in [1.807, 2.05) is 12.3 Å². The van der Waals surface area contributed by atoms with Crippen LogP contribution in [-0.2, 0) is 11.3 Å². The molecule has 0 radical (unpaired) electrons. The predicted octanol–water partition coefficient (Wildman–Crippen LogP) is 2.28. The maximum absolute atomic E-state index is 13.2. The van der Waals surface area contributed by atoms with E-state index < -0.39 is 11.8 Å². The Balaban J connectivity index is 1.82. The summed E-state index contributed by atoms with van der Waals surface area (Å²) in [6.07, 6.45) is 4.19. The van der Waals surface area contributed by atoms with Gasteiger partial charge in [-0.3, -0.25) is 4.68 Å². The third kappa shape index (κ3) is 3.57. The highest BCUT2D eigenvalue weighted by Gasteiger charge is 2.11. The van der Waals surface area contributed by atoms with Gasteiger partial charge in [0.25, 0.3) is 0 Å². The van der Waals surface area contributed by atoms with Crippen LogP contribution < -0.4 is 4.74 Å². The summed E-state index contributed by atoms with van der Waals surface area (Å²) in [6, 6.07) is 5.70.